The number of hydrogen-bond donors (Lipinski definition) is 1. The van der Waals surface area contributed by atoms with Crippen LogP contribution in [0.2, 0.25) is 0 Å². The summed E-state index contributed by atoms with van der Waals surface area (Å²) in [5.74, 6) is 1.65. The molecule has 1 saturated carbocycles. The van der Waals surface area contributed by atoms with Crippen LogP contribution < -0.4 is 15.2 Å². The Hall–Kier alpha value is -1.22. The highest BCUT2D eigenvalue weighted by Crippen LogP contribution is 2.46. The summed E-state index contributed by atoms with van der Waals surface area (Å²) in [4.78, 5) is 0. The topological polar surface area (TPSA) is 44.5 Å². The lowest BCUT2D eigenvalue weighted by Gasteiger charge is -2.51. The van der Waals surface area contributed by atoms with Crippen molar-refractivity contribution in [2.45, 2.75) is 52.2 Å². The molecule has 0 radical (unpaired) electrons. The third kappa shape index (κ3) is 2.44. The molecule has 2 rings (SSSR count). The highest BCUT2D eigenvalue weighted by Gasteiger charge is 2.50. The minimum absolute atomic E-state index is 0.0778. The Kier molecular flexibility index (Phi) is 4.04. The fourth-order valence-electron chi connectivity index (χ4n) is 2.70. The molecular formula is C16H25NO2. The lowest BCUT2D eigenvalue weighted by Crippen LogP contribution is -2.61. The second kappa shape index (κ2) is 5.41. The first-order valence-corrected chi connectivity index (χ1v) is 7.14. The molecule has 19 heavy (non-hydrogen) atoms. The quantitative estimate of drug-likeness (QED) is 0.887. The van der Waals surface area contributed by atoms with Crippen molar-refractivity contribution in [2.75, 3.05) is 7.11 Å². The Labute approximate surface area is 116 Å². The van der Waals surface area contributed by atoms with Crippen molar-refractivity contribution in [1.29, 1.82) is 0 Å². The van der Waals surface area contributed by atoms with Crippen LogP contribution >= 0.6 is 0 Å². The number of nitrogens with two attached hydrogens (primary N) is 1. The summed E-state index contributed by atoms with van der Waals surface area (Å²) in [5.41, 5.74) is 7.45. The van der Waals surface area contributed by atoms with E-state index in [0.29, 0.717) is 0 Å². The number of aryl methyl sites for hydroxylation is 1. The first kappa shape index (κ1) is 14.2. The van der Waals surface area contributed by atoms with Crippen molar-refractivity contribution in [3.8, 4) is 11.5 Å². The zero-order valence-corrected chi connectivity index (χ0v) is 12.4. The fraction of sp³-hybridized carbons (Fsp3) is 0.625. The first-order valence-electron chi connectivity index (χ1n) is 7.14. The van der Waals surface area contributed by atoms with Crippen LogP contribution in [0, 0.1) is 5.41 Å². The number of methoxy groups -OCH3 is 1. The summed E-state index contributed by atoms with van der Waals surface area (Å²) in [5, 5.41) is 0. The van der Waals surface area contributed by atoms with Crippen LogP contribution in [0.25, 0.3) is 0 Å². The summed E-state index contributed by atoms with van der Waals surface area (Å²) in [7, 11) is 1.69. The van der Waals surface area contributed by atoms with Crippen molar-refractivity contribution < 1.29 is 9.47 Å². The summed E-state index contributed by atoms with van der Waals surface area (Å²) >= 11 is 0. The van der Waals surface area contributed by atoms with E-state index in [4.69, 9.17) is 15.2 Å². The van der Waals surface area contributed by atoms with Gasteiger partial charge >= 0.3 is 0 Å². The Bertz CT molecular complexity index is 446. The summed E-state index contributed by atoms with van der Waals surface area (Å²) in [6, 6.07) is 6.40. The molecule has 1 aromatic rings. The normalized spacial score (nSPS) is 29.7. The highest BCUT2D eigenvalue weighted by molar-refractivity contribution is 5.43. The van der Waals surface area contributed by atoms with Gasteiger partial charge in [0, 0.05) is 17.9 Å². The van der Waals surface area contributed by atoms with Crippen LogP contribution in [-0.2, 0) is 6.42 Å². The molecule has 1 aromatic carbocycles. The van der Waals surface area contributed by atoms with Crippen LogP contribution in [0.5, 0.6) is 11.5 Å². The van der Waals surface area contributed by atoms with Gasteiger partial charge in [-0.1, -0.05) is 26.8 Å². The third-order valence-electron chi connectivity index (χ3n) is 4.72. The molecule has 0 saturated heterocycles. The summed E-state index contributed by atoms with van der Waals surface area (Å²) in [6.07, 6.45) is 3.14. The lowest BCUT2D eigenvalue weighted by molar-refractivity contribution is -0.0570. The van der Waals surface area contributed by atoms with Crippen LogP contribution in [0.15, 0.2) is 18.2 Å². The highest BCUT2D eigenvalue weighted by atomic mass is 16.5. The van der Waals surface area contributed by atoms with E-state index in [9.17, 15) is 0 Å². The molecular weight excluding hydrogens is 238 g/mol. The van der Waals surface area contributed by atoms with Crippen molar-refractivity contribution >= 4 is 0 Å². The van der Waals surface area contributed by atoms with E-state index in [1.165, 1.54) is 5.56 Å². The molecule has 0 bridgehead atoms. The molecule has 3 atom stereocenters. The smallest absolute Gasteiger partial charge is 0.161 e. The second-order valence-corrected chi connectivity index (χ2v) is 5.65. The van der Waals surface area contributed by atoms with Crippen LogP contribution in [0.1, 0.15) is 39.2 Å². The van der Waals surface area contributed by atoms with E-state index in [-0.39, 0.29) is 17.6 Å². The van der Waals surface area contributed by atoms with E-state index < -0.39 is 0 Å². The third-order valence-corrected chi connectivity index (χ3v) is 4.72. The van der Waals surface area contributed by atoms with Gasteiger partial charge in [-0.3, -0.25) is 0 Å². The maximum Gasteiger partial charge on any atom is 0.161 e. The molecule has 3 nitrogen and oxygen atoms in total. The van der Waals surface area contributed by atoms with Gasteiger partial charge in [0.15, 0.2) is 11.5 Å². The Morgan fingerprint density at radius 2 is 2.05 bits per heavy atom. The molecule has 2 N–H and O–H groups in total. The summed E-state index contributed by atoms with van der Waals surface area (Å²) in [6.45, 7) is 6.51. The van der Waals surface area contributed by atoms with Crippen molar-refractivity contribution in [2.24, 2.45) is 11.1 Å². The molecule has 0 spiro atoms. The van der Waals surface area contributed by atoms with Gasteiger partial charge in [-0.05, 0) is 30.5 Å². The van der Waals surface area contributed by atoms with Crippen molar-refractivity contribution in [3.05, 3.63) is 23.8 Å². The van der Waals surface area contributed by atoms with Gasteiger partial charge in [-0.2, -0.15) is 0 Å². The lowest BCUT2D eigenvalue weighted by atomic mass is 9.62. The Morgan fingerprint density at radius 1 is 1.32 bits per heavy atom. The van der Waals surface area contributed by atoms with E-state index in [1.807, 2.05) is 6.07 Å². The number of ether oxygens (including phenoxy) is 2. The first-order chi connectivity index (χ1) is 9.05. The zero-order chi connectivity index (χ0) is 14.0. The number of benzene rings is 1. The molecule has 3 unspecified atom stereocenters. The minimum Gasteiger partial charge on any atom is -0.493 e. The van der Waals surface area contributed by atoms with Gasteiger partial charge in [0.2, 0.25) is 0 Å². The van der Waals surface area contributed by atoms with E-state index in [1.54, 1.807) is 7.11 Å². The maximum absolute atomic E-state index is 6.14. The number of hydrogen-bond acceptors (Lipinski definition) is 3. The monoisotopic (exact) mass is 263 g/mol. The van der Waals surface area contributed by atoms with Crippen LogP contribution in [-0.4, -0.2) is 19.3 Å². The average molecular weight is 263 g/mol. The SMILES string of the molecule is CCc1ccc(OC2CC(N)C2(C)CC)c(OC)c1. The largest absolute Gasteiger partial charge is 0.493 e. The standard InChI is InChI=1S/C16H25NO2/c1-5-11-7-8-12(13(9-11)18-4)19-15-10-14(17)16(15,3)6-2/h7-9,14-15H,5-6,10,17H2,1-4H3. The van der Waals surface area contributed by atoms with Crippen LogP contribution in [0.3, 0.4) is 0 Å². The number of rotatable bonds is 5. The van der Waals surface area contributed by atoms with Gasteiger partial charge in [-0.15, -0.1) is 0 Å². The maximum atomic E-state index is 6.14. The molecule has 106 valence electrons. The molecule has 1 aliphatic carbocycles. The predicted octanol–water partition coefficient (Wildman–Crippen LogP) is 3.15. The molecule has 3 heteroatoms. The van der Waals surface area contributed by atoms with E-state index in [2.05, 4.69) is 32.9 Å². The van der Waals surface area contributed by atoms with Gasteiger partial charge in [0.1, 0.15) is 6.10 Å². The predicted molar refractivity (Wildman–Crippen MR) is 77.8 cm³/mol. The second-order valence-electron chi connectivity index (χ2n) is 5.65. The Morgan fingerprint density at radius 3 is 2.58 bits per heavy atom. The zero-order valence-electron chi connectivity index (χ0n) is 12.4. The van der Waals surface area contributed by atoms with Crippen molar-refractivity contribution in [1.82, 2.24) is 0 Å². The molecule has 1 fully saturated rings. The fourth-order valence-corrected chi connectivity index (χ4v) is 2.70. The van der Waals surface area contributed by atoms with Gasteiger partial charge in [0.25, 0.3) is 0 Å². The molecule has 0 amide bonds. The van der Waals surface area contributed by atoms with Gasteiger partial charge in [-0.25, -0.2) is 0 Å². The van der Waals surface area contributed by atoms with Crippen molar-refractivity contribution in [3.63, 3.8) is 0 Å². The molecule has 0 heterocycles. The summed E-state index contributed by atoms with van der Waals surface area (Å²) < 4.78 is 11.6. The average Bonchev–Trinajstić information content (AvgIpc) is 2.46. The van der Waals surface area contributed by atoms with E-state index in [0.717, 1.165) is 30.8 Å². The minimum atomic E-state index is 0.0778. The van der Waals surface area contributed by atoms with Crippen LogP contribution in [0.4, 0.5) is 0 Å². The van der Waals surface area contributed by atoms with E-state index >= 15 is 0 Å². The van der Waals surface area contributed by atoms with Gasteiger partial charge < -0.3 is 15.2 Å². The molecule has 0 aromatic heterocycles. The van der Waals surface area contributed by atoms with Gasteiger partial charge in [0.05, 0.1) is 7.11 Å². The Balaban J connectivity index is 2.16. The molecule has 0 aliphatic heterocycles. The molecule has 1 aliphatic rings.